The van der Waals surface area contributed by atoms with E-state index in [9.17, 15) is 0 Å². The van der Waals surface area contributed by atoms with E-state index < -0.39 is 0 Å². The summed E-state index contributed by atoms with van der Waals surface area (Å²) in [5.74, 6) is 0.852. The Morgan fingerprint density at radius 1 is 1.09 bits per heavy atom. The van der Waals surface area contributed by atoms with E-state index in [1.165, 1.54) is 11.1 Å². The molecule has 1 aliphatic heterocycles. The summed E-state index contributed by atoms with van der Waals surface area (Å²) in [6.07, 6.45) is 4.23. The molecule has 176 valence electrons. The molecular formula is C26H35IN6. The predicted octanol–water partition coefficient (Wildman–Crippen LogP) is 4.52. The molecule has 1 saturated heterocycles. The van der Waals surface area contributed by atoms with Crippen LogP contribution in [0.3, 0.4) is 0 Å². The van der Waals surface area contributed by atoms with Gasteiger partial charge in [0, 0.05) is 45.0 Å². The molecule has 7 heteroatoms. The Labute approximate surface area is 214 Å². The number of piperidine rings is 1. The molecule has 2 N–H and O–H groups in total. The van der Waals surface area contributed by atoms with Crippen LogP contribution in [0.25, 0.3) is 5.69 Å². The number of nitrogens with zero attached hydrogens (tertiary/aromatic N) is 4. The van der Waals surface area contributed by atoms with Gasteiger partial charge >= 0.3 is 0 Å². The number of benzene rings is 2. The standard InChI is InChI=1S/C26H34N6.HI/c1-20-13-16-32(30-20)25-12-8-7-11-23(25)18-28-26(27-3)29-24-14-15-31(21(2)17-24)19-22-9-5-4-6-10-22;/h4-13,16,21,24H,14-15,17-19H2,1-3H3,(H2,27,28,29);1H. The van der Waals surface area contributed by atoms with Crippen molar-refractivity contribution in [1.29, 1.82) is 0 Å². The van der Waals surface area contributed by atoms with Crippen molar-refractivity contribution in [2.75, 3.05) is 13.6 Å². The molecule has 0 saturated carbocycles. The van der Waals surface area contributed by atoms with Crippen LogP contribution >= 0.6 is 24.0 Å². The number of aromatic nitrogens is 2. The minimum atomic E-state index is 0. The van der Waals surface area contributed by atoms with Gasteiger partial charge in [0.05, 0.1) is 11.4 Å². The zero-order chi connectivity index (χ0) is 22.3. The monoisotopic (exact) mass is 558 g/mol. The molecule has 1 aliphatic rings. The third-order valence-corrected chi connectivity index (χ3v) is 6.21. The Kier molecular flexibility index (Phi) is 9.31. The number of halogens is 1. The van der Waals surface area contributed by atoms with Crippen molar-refractivity contribution in [3.63, 3.8) is 0 Å². The number of hydrogen-bond acceptors (Lipinski definition) is 3. The van der Waals surface area contributed by atoms with Crippen LogP contribution < -0.4 is 10.6 Å². The molecule has 4 rings (SSSR count). The SMILES string of the molecule is CN=C(NCc1ccccc1-n1ccc(C)n1)NC1CCN(Cc2ccccc2)C(C)C1.I. The molecule has 33 heavy (non-hydrogen) atoms. The molecule has 6 nitrogen and oxygen atoms in total. The first-order valence-electron chi connectivity index (χ1n) is 11.5. The zero-order valence-corrected chi connectivity index (χ0v) is 22.1. The molecule has 1 aromatic heterocycles. The highest BCUT2D eigenvalue weighted by Gasteiger charge is 2.26. The van der Waals surface area contributed by atoms with E-state index in [-0.39, 0.29) is 24.0 Å². The van der Waals surface area contributed by atoms with Gasteiger partial charge in [-0.1, -0.05) is 48.5 Å². The Balaban J connectivity index is 0.00000306. The molecule has 0 radical (unpaired) electrons. The fraction of sp³-hybridized carbons (Fsp3) is 0.385. The summed E-state index contributed by atoms with van der Waals surface area (Å²) >= 11 is 0. The average Bonchev–Trinajstić information content (AvgIpc) is 3.25. The maximum atomic E-state index is 4.57. The van der Waals surface area contributed by atoms with E-state index in [4.69, 9.17) is 0 Å². The van der Waals surface area contributed by atoms with Gasteiger partial charge in [-0.2, -0.15) is 5.10 Å². The fourth-order valence-corrected chi connectivity index (χ4v) is 4.40. The van der Waals surface area contributed by atoms with E-state index in [0.717, 1.165) is 43.3 Å². The number of hydrogen-bond donors (Lipinski definition) is 2. The van der Waals surface area contributed by atoms with Crippen LogP contribution in [-0.2, 0) is 13.1 Å². The molecule has 2 atom stereocenters. The Hall–Kier alpha value is -2.39. The van der Waals surface area contributed by atoms with Gasteiger partial charge in [0.25, 0.3) is 0 Å². The van der Waals surface area contributed by atoms with E-state index in [0.29, 0.717) is 18.6 Å². The first-order valence-corrected chi connectivity index (χ1v) is 11.5. The molecule has 0 spiro atoms. The van der Waals surface area contributed by atoms with Crippen molar-refractivity contribution in [3.8, 4) is 5.69 Å². The van der Waals surface area contributed by atoms with Gasteiger partial charge in [-0.3, -0.25) is 9.89 Å². The molecule has 3 aromatic rings. The number of guanidine groups is 1. The van der Waals surface area contributed by atoms with E-state index in [1.54, 1.807) is 0 Å². The number of likely N-dealkylation sites (tertiary alicyclic amines) is 1. The van der Waals surface area contributed by atoms with Gasteiger partial charge in [-0.15, -0.1) is 24.0 Å². The topological polar surface area (TPSA) is 57.5 Å². The molecule has 0 aliphatic carbocycles. The minimum absolute atomic E-state index is 0. The minimum Gasteiger partial charge on any atom is -0.354 e. The third kappa shape index (κ3) is 6.80. The van der Waals surface area contributed by atoms with Crippen molar-refractivity contribution in [3.05, 3.63) is 83.7 Å². The van der Waals surface area contributed by atoms with E-state index >= 15 is 0 Å². The number of aryl methyl sites for hydroxylation is 1. The van der Waals surface area contributed by atoms with Crippen LogP contribution in [0.5, 0.6) is 0 Å². The summed E-state index contributed by atoms with van der Waals surface area (Å²) < 4.78 is 1.94. The second-order valence-corrected chi connectivity index (χ2v) is 8.63. The smallest absolute Gasteiger partial charge is 0.191 e. The summed E-state index contributed by atoms with van der Waals surface area (Å²) in [4.78, 5) is 7.05. The quantitative estimate of drug-likeness (QED) is 0.266. The number of rotatable bonds is 6. The Morgan fingerprint density at radius 3 is 2.55 bits per heavy atom. The third-order valence-electron chi connectivity index (χ3n) is 6.21. The zero-order valence-electron chi connectivity index (χ0n) is 19.7. The van der Waals surface area contributed by atoms with Gasteiger partial charge in [-0.05, 0) is 49.9 Å². The van der Waals surface area contributed by atoms with Crippen LogP contribution in [0.15, 0.2) is 71.9 Å². The van der Waals surface area contributed by atoms with Gasteiger partial charge in [0.2, 0.25) is 0 Å². The second kappa shape index (κ2) is 12.2. The molecular weight excluding hydrogens is 523 g/mol. The summed E-state index contributed by atoms with van der Waals surface area (Å²) in [6.45, 7) is 7.14. The molecule has 2 aromatic carbocycles. The lowest BCUT2D eigenvalue weighted by atomic mass is 9.97. The average molecular weight is 559 g/mol. The summed E-state index contributed by atoms with van der Waals surface area (Å²) in [5.41, 5.74) is 4.67. The van der Waals surface area contributed by atoms with Crippen LogP contribution in [0.4, 0.5) is 0 Å². The second-order valence-electron chi connectivity index (χ2n) is 8.63. The van der Waals surface area contributed by atoms with Crippen molar-refractivity contribution < 1.29 is 0 Å². The number of aliphatic imine (C=N–C) groups is 1. The lowest BCUT2D eigenvalue weighted by Gasteiger charge is -2.38. The molecule has 0 bridgehead atoms. The maximum Gasteiger partial charge on any atom is 0.191 e. The van der Waals surface area contributed by atoms with Gasteiger partial charge in [-0.25, -0.2) is 4.68 Å². The van der Waals surface area contributed by atoms with Gasteiger partial charge in [0.1, 0.15) is 0 Å². The normalized spacial score (nSPS) is 19.1. The fourth-order valence-electron chi connectivity index (χ4n) is 4.40. The van der Waals surface area contributed by atoms with Crippen molar-refractivity contribution in [2.24, 2.45) is 4.99 Å². The highest BCUT2D eigenvalue weighted by Crippen LogP contribution is 2.20. The summed E-state index contributed by atoms with van der Waals surface area (Å²) in [5, 5.41) is 11.7. The Morgan fingerprint density at radius 2 is 1.85 bits per heavy atom. The van der Waals surface area contributed by atoms with Crippen LogP contribution in [0.2, 0.25) is 0 Å². The largest absolute Gasteiger partial charge is 0.354 e. The highest BCUT2D eigenvalue weighted by atomic mass is 127. The van der Waals surface area contributed by atoms with Crippen LogP contribution in [0, 0.1) is 6.92 Å². The lowest BCUT2D eigenvalue weighted by Crippen LogP contribution is -2.51. The van der Waals surface area contributed by atoms with Crippen LogP contribution in [-0.4, -0.2) is 46.3 Å². The first-order chi connectivity index (χ1) is 15.6. The molecule has 2 unspecified atom stereocenters. The molecule has 1 fully saturated rings. The molecule has 2 heterocycles. The summed E-state index contributed by atoms with van der Waals surface area (Å²) in [6, 6.07) is 22.1. The van der Waals surface area contributed by atoms with Crippen molar-refractivity contribution in [2.45, 2.75) is 51.9 Å². The summed E-state index contributed by atoms with van der Waals surface area (Å²) in [7, 11) is 1.84. The van der Waals surface area contributed by atoms with E-state index in [1.807, 2.05) is 37.0 Å². The van der Waals surface area contributed by atoms with E-state index in [2.05, 4.69) is 81.1 Å². The highest BCUT2D eigenvalue weighted by molar-refractivity contribution is 14.0. The van der Waals surface area contributed by atoms with Gasteiger partial charge < -0.3 is 10.6 Å². The maximum absolute atomic E-state index is 4.57. The lowest BCUT2D eigenvalue weighted by molar-refractivity contribution is 0.134. The van der Waals surface area contributed by atoms with Gasteiger partial charge in [0.15, 0.2) is 5.96 Å². The van der Waals surface area contributed by atoms with Crippen molar-refractivity contribution in [1.82, 2.24) is 25.3 Å². The number of nitrogens with one attached hydrogen (secondary N) is 2. The Bertz CT molecular complexity index is 1030. The van der Waals surface area contributed by atoms with Crippen LogP contribution in [0.1, 0.15) is 36.6 Å². The predicted molar refractivity (Wildman–Crippen MR) is 146 cm³/mol. The molecule has 0 amide bonds. The van der Waals surface area contributed by atoms with Crippen molar-refractivity contribution >= 4 is 29.9 Å². The number of para-hydroxylation sites is 1. The first kappa shape index (κ1) is 25.2.